The molecule has 92 valence electrons. The van der Waals surface area contributed by atoms with Gasteiger partial charge in [0.2, 0.25) is 0 Å². The number of carbonyl (C=O) groups is 1. The molecule has 1 aromatic heterocycles. The average Bonchev–Trinajstić information content (AvgIpc) is 2.89. The minimum atomic E-state index is -0.605. The summed E-state index contributed by atoms with van der Waals surface area (Å²) in [5.74, 6) is 0.872. The van der Waals surface area contributed by atoms with E-state index in [0.717, 1.165) is 23.6 Å². The predicted molar refractivity (Wildman–Crippen MR) is 63.0 cm³/mol. The molecule has 1 aromatic rings. The van der Waals surface area contributed by atoms with Crippen molar-refractivity contribution >= 4 is 17.4 Å². The predicted octanol–water partition coefficient (Wildman–Crippen LogP) is 0.506. The number of hydrogen-bond donors (Lipinski definition) is 2. The van der Waals surface area contributed by atoms with Crippen molar-refractivity contribution in [3.63, 3.8) is 0 Å². The van der Waals surface area contributed by atoms with Crippen molar-refractivity contribution in [1.82, 2.24) is 9.78 Å². The Labute approximate surface area is 99.3 Å². The summed E-state index contributed by atoms with van der Waals surface area (Å²) < 4.78 is 7.13. The Morgan fingerprint density at radius 1 is 1.59 bits per heavy atom. The van der Waals surface area contributed by atoms with Gasteiger partial charge in [-0.1, -0.05) is 6.92 Å². The van der Waals surface area contributed by atoms with E-state index in [1.807, 2.05) is 14.0 Å². The number of amides is 1. The van der Waals surface area contributed by atoms with Gasteiger partial charge in [0.1, 0.15) is 17.0 Å². The van der Waals surface area contributed by atoms with Gasteiger partial charge in [0.25, 0.3) is 5.91 Å². The van der Waals surface area contributed by atoms with Gasteiger partial charge in [0.15, 0.2) is 0 Å². The van der Waals surface area contributed by atoms with Crippen molar-refractivity contribution in [3.8, 4) is 0 Å². The van der Waals surface area contributed by atoms with Crippen LogP contribution in [0.15, 0.2) is 0 Å². The lowest BCUT2D eigenvalue weighted by molar-refractivity contribution is -0.120. The Hall–Kier alpha value is -1.56. The fraction of sp³-hybridized carbons (Fsp3) is 0.636. The zero-order chi connectivity index (χ0) is 12.0. The summed E-state index contributed by atoms with van der Waals surface area (Å²) in [6.07, 6.45) is 1.50. The van der Waals surface area contributed by atoms with Crippen LogP contribution in [0.3, 0.4) is 0 Å². The fourth-order valence-electron chi connectivity index (χ4n) is 2.46. The molecule has 2 aliphatic heterocycles. The summed E-state index contributed by atoms with van der Waals surface area (Å²) in [5, 5.41) is 10.7. The van der Waals surface area contributed by atoms with E-state index in [1.165, 1.54) is 0 Å². The lowest BCUT2D eigenvalue weighted by atomic mass is 9.95. The highest BCUT2D eigenvalue weighted by atomic mass is 16.5. The molecule has 6 heteroatoms. The second-order valence-electron chi connectivity index (χ2n) is 4.61. The Balaban J connectivity index is 2.05. The van der Waals surface area contributed by atoms with Crippen molar-refractivity contribution in [2.24, 2.45) is 7.05 Å². The van der Waals surface area contributed by atoms with Gasteiger partial charge < -0.3 is 15.4 Å². The zero-order valence-electron chi connectivity index (χ0n) is 10.0. The lowest BCUT2D eigenvalue weighted by Gasteiger charge is -2.33. The number of carbonyl (C=O) groups excluding carboxylic acids is 1. The van der Waals surface area contributed by atoms with Gasteiger partial charge in [-0.2, -0.15) is 5.10 Å². The first-order valence-electron chi connectivity index (χ1n) is 5.89. The molecule has 3 heterocycles. The summed E-state index contributed by atoms with van der Waals surface area (Å²) in [4.78, 5) is 12.2. The minimum Gasteiger partial charge on any atom is -0.378 e. The second-order valence-corrected chi connectivity index (χ2v) is 4.61. The van der Waals surface area contributed by atoms with Gasteiger partial charge >= 0.3 is 0 Å². The maximum Gasteiger partial charge on any atom is 0.252 e. The average molecular weight is 236 g/mol. The molecule has 1 atom stereocenters. The van der Waals surface area contributed by atoms with Crippen molar-refractivity contribution in [2.75, 3.05) is 23.8 Å². The van der Waals surface area contributed by atoms with Crippen LogP contribution in [0, 0.1) is 0 Å². The first-order valence-corrected chi connectivity index (χ1v) is 5.89. The highest BCUT2D eigenvalue weighted by Gasteiger charge is 2.47. The molecular weight excluding hydrogens is 220 g/mol. The maximum absolute atomic E-state index is 12.2. The highest BCUT2D eigenvalue weighted by Crippen LogP contribution is 2.36. The molecule has 3 rings (SSSR count). The highest BCUT2D eigenvalue weighted by molar-refractivity contribution is 6.06. The van der Waals surface area contributed by atoms with Crippen molar-refractivity contribution in [3.05, 3.63) is 5.69 Å². The molecule has 0 radical (unpaired) electrons. The number of aryl methyl sites for hydroxylation is 2. The topological polar surface area (TPSA) is 68.2 Å². The Bertz CT molecular complexity index is 474. The molecule has 0 saturated carbocycles. The first kappa shape index (κ1) is 10.6. The maximum atomic E-state index is 12.2. The lowest BCUT2D eigenvalue weighted by Crippen LogP contribution is -2.53. The van der Waals surface area contributed by atoms with E-state index in [-0.39, 0.29) is 5.91 Å². The zero-order valence-corrected chi connectivity index (χ0v) is 10.0. The molecule has 6 nitrogen and oxygen atoms in total. The van der Waals surface area contributed by atoms with Crippen LogP contribution in [-0.2, 0) is 23.0 Å². The summed E-state index contributed by atoms with van der Waals surface area (Å²) in [5.41, 5.74) is 1.13. The largest absolute Gasteiger partial charge is 0.378 e. The van der Waals surface area contributed by atoms with Crippen LogP contribution in [-0.4, -0.2) is 34.4 Å². The third-order valence-electron chi connectivity index (χ3n) is 3.51. The number of fused-ring (bicyclic) bond motifs is 1. The molecule has 1 spiro atoms. The van der Waals surface area contributed by atoms with Crippen LogP contribution >= 0.6 is 0 Å². The van der Waals surface area contributed by atoms with Gasteiger partial charge in [-0.25, -0.2) is 0 Å². The fourth-order valence-corrected chi connectivity index (χ4v) is 2.46. The summed E-state index contributed by atoms with van der Waals surface area (Å²) >= 11 is 0. The van der Waals surface area contributed by atoms with Gasteiger partial charge in [0.05, 0.1) is 12.3 Å². The van der Waals surface area contributed by atoms with Gasteiger partial charge in [-0.05, 0) is 6.42 Å². The first-order chi connectivity index (χ1) is 8.16. The van der Waals surface area contributed by atoms with E-state index < -0.39 is 5.54 Å². The van der Waals surface area contributed by atoms with Crippen LogP contribution in [0.1, 0.15) is 19.0 Å². The van der Waals surface area contributed by atoms with Crippen LogP contribution in [0.25, 0.3) is 0 Å². The van der Waals surface area contributed by atoms with Gasteiger partial charge in [-0.3, -0.25) is 9.48 Å². The molecule has 0 aromatic carbocycles. The third kappa shape index (κ3) is 1.37. The number of nitrogens with zero attached hydrogens (tertiary/aromatic N) is 2. The molecule has 17 heavy (non-hydrogen) atoms. The standard InChI is InChI=1S/C11H16N4O2/c1-3-7-8-9(15(2)14-7)13-11(10(16)12-8)4-5-17-6-11/h13H,3-6H2,1-2H3,(H,12,16). The monoisotopic (exact) mass is 236 g/mol. The Kier molecular flexibility index (Phi) is 2.16. The molecule has 2 N–H and O–H groups in total. The number of nitrogens with one attached hydrogen (secondary N) is 2. The van der Waals surface area contributed by atoms with Gasteiger partial charge in [0, 0.05) is 20.1 Å². The van der Waals surface area contributed by atoms with E-state index in [9.17, 15) is 4.79 Å². The van der Waals surface area contributed by atoms with Crippen molar-refractivity contribution in [1.29, 1.82) is 0 Å². The molecule has 1 unspecified atom stereocenters. The molecular formula is C11H16N4O2. The van der Waals surface area contributed by atoms with Gasteiger partial charge in [-0.15, -0.1) is 0 Å². The second kappa shape index (κ2) is 3.46. The van der Waals surface area contributed by atoms with Crippen LogP contribution in [0.2, 0.25) is 0 Å². The normalized spacial score (nSPS) is 26.8. The number of aromatic nitrogens is 2. The van der Waals surface area contributed by atoms with E-state index in [2.05, 4.69) is 15.7 Å². The molecule has 1 amide bonds. The van der Waals surface area contributed by atoms with E-state index >= 15 is 0 Å². The summed E-state index contributed by atoms with van der Waals surface area (Å²) in [6.45, 7) is 3.07. The van der Waals surface area contributed by atoms with Crippen molar-refractivity contribution in [2.45, 2.75) is 25.3 Å². The van der Waals surface area contributed by atoms with Crippen LogP contribution in [0.4, 0.5) is 11.5 Å². The Morgan fingerprint density at radius 3 is 3.06 bits per heavy atom. The molecule has 0 bridgehead atoms. The van der Waals surface area contributed by atoms with E-state index in [4.69, 9.17) is 4.74 Å². The van der Waals surface area contributed by atoms with E-state index in [1.54, 1.807) is 4.68 Å². The van der Waals surface area contributed by atoms with E-state index in [0.29, 0.717) is 19.6 Å². The summed E-state index contributed by atoms with van der Waals surface area (Å²) in [7, 11) is 1.88. The van der Waals surface area contributed by atoms with Crippen LogP contribution < -0.4 is 10.6 Å². The number of ether oxygens (including phenoxy) is 1. The Morgan fingerprint density at radius 2 is 2.41 bits per heavy atom. The number of anilines is 2. The number of rotatable bonds is 1. The van der Waals surface area contributed by atoms with Crippen molar-refractivity contribution < 1.29 is 9.53 Å². The minimum absolute atomic E-state index is 0.00907. The quantitative estimate of drug-likeness (QED) is 0.745. The smallest absolute Gasteiger partial charge is 0.252 e. The molecule has 2 aliphatic rings. The molecule has 0 aliphatic carbocycles. The third-order valence-corrected chi connectivity index (χ3v) is 3.51. The summed E-state index contributed by atoms with van der Waals surface area (Å²) in [6, 6.07) is 0. The molecule has 1 fully saturated rings. The van der Waals surface area contributed by atoms with Crippen LogP contribution in [0.5, 0.6) is 0 Å². The number of hydrogen-bond acceptors (Lipinski definition) is 4. The molecule has 1 saturated heterocycles. The SMILES string of the molecule is CCc1nn(C)c2c1NC(=O)C1(CCOC1)N2.